The van der Waals surface area contributed by atoms with Crippen molar-refractivity contribution in [2.45, 2.75) is 160 Å². The van der Waals surface area contributed by atoms with Crippen molar-refractivity contribution in [1.82, 2.24) is 0 Å². The molecule has 0 saturated carbocycles. The van der Waals surface area contributed by atoms with Gasteiger partial charge in [-0.25, -0.2) is 0 Å². The zero-order valence-electron chi connectivity index (χ0n) is 37.9. The molecule has 0 spiro atoms. The first-order valence-electron chi connectivity index (χ1n) is 20.4. The second-order valence-electron chi connectivity index (χ2n) is 14.6. The Balaban J connectivity index is 2.00. The number of hydrogen-bond acceptors (Lipinski definition) is 27. The molecule has 3 aliphatic heterocycles. The van der Waals surface area contributed by atoms with E-state index in [1.807, 2.05) is 0 Å². The van der Waals surface area contributed by atoms with Crippen LogP contribution in [0.15, 0.2) is 15.3 Å². The summed E-state index contributed by atoms with van der Waals surface area (Å²) in [4.78, 5) is 108. The van der Waals surface area contributed by atoms with Gasteiger partial charge in [-0.05, 0) is 29.4 Å². The van der Waals surface area contributed by atoms with Crippen molar-refractivity contribution in [3.05, 3.63) is 31.3 Å². The summed E-state index contributed by atoms with van der Waals surface area (Å²) in [5, 5.41) is 10.4. The van der Waals surface area contributed by atoms with Gasteiger partial charge in [0.1, 0.15) is 36.4 Å². The van der Waals surface area contributed by atoms with E-state index in [1.165, 1.54) is 6.92 Å². The second-order valence-corrected chi connectivity index (χ2v) is 17.4. The lowest BCUT2D eigenvalue weighted by Crippen LogP contribution is -2.61. The van der Waals surface area contributed by atoms with Crippen molar-refractivity contribution in [1.29, 1.82) is 0 Å². The fourth-order valence-electron chi connectivity index (χ4n) is 6.99. The highest BCUT2D eigenvalue weighted by Gasteiger charge is 2.54. The molecule has 69 heavy (non-hydrogen) atoms. The number of nitrogens with zero attached hydrogens (tertiary/aromatic N) is 9. The van der Waals surface area contributed by atoms with Gasteiger partial charge in [-0.2, -0.15) is 0 Å². The van der Waals surface area contributed by atoms with Gasteiger partial charge in [-0.1, -0.05) is 29.2 Å². The Morgan fingerprint density at radius 1 is 0.507 bits per heavy atom. The number of esters is 6. The van der Waals surface area contributed by atoms with Crippen LogP contribution < -0.4 is 9.79 Å². The Labute approximate surface area is 390 Å². The van der Waals surface area contributed by atoms with Crippen molar-refractivity contribution < 1.29 is 113 Å². The van der Waals surface area contributed by atoms with E-state index in [9.17, 15) is 64.3 Å². The highest BCUT2D eigenvalue weighted by Crippen LogP contribution is 2.47. The minimum atomic E-state index is -5.89. The lowest BCUT2D eigenvalue weighted by Gasteiger charge is -2.46. The van der Waals surface area contributed by atoms with E-state index >= 15 is 0 Å². The predicted molar refractivity (Wildman–Crippen MR) is 214 cm³/mol. The summed E-state index contributed by atoms with van der Waals surface area (Å²) in [6.07, 6.45) is -21.3. The van der Waals surface area contributed by atoms with E-state index in [4.69, 9.17) is 65.5 Å². The summed E-state index contributed by atoms with van der Waals surface area (Å²) in [5.41, 5.74) is 28.1. The van der Waals surface area contributed by atoms with Gasteiger partial charge in [-0.15, -0.1) is 0 Å². The summed E-state index contributed by atoms with van der Waals surface area (Å²) in [5.74, 6) is -6.10. The van der Waals surface area contributed by atoms with Crippen molar-refractivity contribution in [3.63, 3.8) is 0 Å². The minimum absolute atomic E-state index is 0.0257. The van der Waals surface area contributed by atoms with Crippen molar-refractivity contribution in [2.75, 3.05) is 19.8 Å². The Morgan fingerprint density at radius 2 is 0.797 bits per heavy atom. The number of carbonyl (C=O) groups excluding carboxylic acids is 6. The first-order chi connectivity index (χ1) is 32.4. The van der Waals surface area contributed by atoms with E-state index in [0.29, 0.717) is 6.42 Å². The zero-order chi connectivity index (χ0) is 51.8. The summed E-state index contributed by atoms with van der Waals surface area (Å²) in [6.45, 7) is 6.30. The summed E-state index contributed by atoms with van der Waals surface area (Å²) in [6, 6.07) is -5.45. The lowest BCUT2D eigenvalue weighted by molar-refractivity contribution is -0.298. The molecule has 0 aromatic carbocycles. The Kier molecular flexibility index (Phi) is 22.5. The van der Waals surface area contributed by atoms with Gasteiger partial charge >= 0.3 is 35.8 Å². The molecule has 0 aromatic heterocycles. The molecular weight excluding hydrogens is 980 g/mol. The number of hydrogen-bond donors (Lipinski definition) is 0. The SMILES string of the molecule is CCCO[C@@H]1OC(COP(=O)([O-])O[C@@H]2OC(COP(=O)([O-])O[C@@H]3OC(CC)[C@H](OC(C)=O)[C@H](OC(C)=O)C3N=[N+]=[N-])[C@H](OC(C)=O)[C@H](OC(C)=O)C2N=[N+]=[N-])[C@H](OC(C)=O)[C@H](OC(C)=O)C1N=[N+]=[N-]. The predicted octanol–water partition coefficient (Wildman–Crippen LogP) is 1.63. The molecule has 3 aliphatic rings. The molecule has 0 aliphatic carbocycles. The van der Waals surface area contributed by atoms with Crippen molar-refractivity contribution in [3.8, 4) is 0 Å². The standard InChI is InChI=1S/C34H51N9O24P2/c1-9-11-54-32-23(38-41-35)29(60-17(6)47)27(58-15(4)45)21(64-32)12-55-69(52,53)67-34-25(40-43-37)31(62-19(8)49)28(59-16(5)46)22(65-34)13-56-68(50,51)66-33-24(39-42-36)30(61-18(7)48)26(57-14(3)44)20(10-2)63-33/h20-34H,9-13H2,1-8H3,(H,50,51)(H,52,53)/p-2/t20?,21?,22?,23?,24?,25?,26-,27-,28-,29+,30+,31+,32+,33-,34-/m0/s1. The van der Waals surface area contributed by atoms with Crippen molar-refractivity contribution in [2.24, 2.45) is 15.3 Å². The van der Waals surface area contributed by atoms with Crippen LogP contribution in [0.1, 0.15) is 68.2 Å². The van der Waals surface area contributed by atoms with Crippen LogP contribution in [0.25, 0.3) is 31.3 Å². The number of carbonyl (C=O) groups is 6. The zero-order valence-corrected chi connectivity index (χ0v) is 39.7. The molecule has 0 aromatic rings. The largest absolute Gasteiger partial charge is 0.756 e. The third-order valence-electron chi connectivity index (χ3n) is 9.36. The monoisotopic (exact) mass is 1030 g/mol. The summed E-state index contributed by atoms with van der Waals surface area (Å²) < 4.78 is 102. The van der Waals surface area contributed by atoms with Crippen LogP contribution in [0.4, 0.5) is 0 Å². The fraction of sp³-hybridized carbons (Fsp3) is 0.824. The molecule has 3 heterocycles. The normalized spacial score (nSPS) is 32.6. The van der Waals surface area contributed by atoms with Gasteiger partial charge in [0.2, 0.25) is 0 Å². The second kappa shape index (κ2) is 26.7. The average Bonchev–Trinajstić information content (AvgIpc) is 3.23. The third-order valence-corrected chi connectivity index (χ3v) is 11.2. The molecular formula is C34H49N9O24P2-2. The quantitative estimate of drug-likeness (QED) is 0.0350. The van der Waals surface area contributed by atoms with E-state index in [1.54, 1.807) is 6.92 Å². The molecule has 17 atom stereocenters. The maximum atomic E-state index is 13.6. The molecule has 8 unspecified atom stereocenters. The molecule has 3 saturated heterocycles. The topological polar surface area (TPSA) is 458 Å². The summed E-state index contributed by atoms with van der Waals surface area (Å²) >= 11 is 0. The van der Waals surface area contributed by atoms with Gasteiger partial charge in [0.05, 0.1) is 13.2 Å². The van der Waals surface area contributed by atoms with Crippen LogP contribution in [0, 0.1) is 0 Å². The van der Waals surface area contributed by atoms with Crippen LogP contribution in [0.2, 0.25) is 0 Å². The molecule has 3 fully saturated rings. The Hall–Kier alpha value is -5.19. The number of phosphoric acid groups is 2. The molecule has 0 bridgehead atoms. The van der Waals surface area contributed by atoms with Crippen LogP contribution in [0.3, 0.4) is 0 Å². The van der Waals surface area contributed by atoms with E-state index in [0.717, 1.165) is 41.5 Å². The maximum Gasteiger partial charge on any atom is 0.303 e. The maximum absolute atomic E-state index is 13.6. The summed E-state index contributed by atoms with van der Waals surface area (Å²) in [7, 11) is -11.7. The Bertz CT molecular complexity index is 2110. The van der Waals surface area contributed by atoms with Gasteiger partial charge in [0.15, 0.2) is 55.5 Å². The lowest BCUT2D eigenvalue weighted by atomic mass is 9.95. The van der Waals surface area contributed by atoms with E-state index in [-0.39, 0.29) is 13.0 Å². The first kappa shape index (κ1) is 58.1. The fourth-order valence-corrected chi connectivity index (χ4v) is 8.63. The molecule has 0 radical (unpaired) electrons. The van der Waals surface area contributed by atoms with E-state index < -0.39 is 157 Å². The molecule has 386 valence electrons. The van der Waals surface area contributed by atoms with Gasteiger partial charge < -0.3 is 66.2 Å². The molecule has 0 N–H and O–H groups in total. The highest BCUT2D eigenvalue weighted by molar-refractivity contribution is 7.46. The van der Waals surface area contributed by atoms with Crippen LogP contribution in [0.5, 0.6) is 0 Å². The van der Waals surface area contributed by atoms with Gasteiger partial charge in [-0.3, -0.25) is 46.9 Å². The van der Waals surface area contributed by atoms with Crippen LogP contribution in [-0.4, -0.2) is 148 Å². The number of azide groups is 3. The van der Waals surface area contributed by atoms with Crippen molar-refractivity contribution >= 4 is 51.5 Å². The number of phosphoric ester groups is 2. The van der Waals surface area contributed by atoms with Gasteiger partial charge in [0.25, 0.3) is 15.6 Å². The molecule has 0 amide bonds. The van der Waals surface area contributed by atoms with E-state index in [2.05, 4.69) is 30.1 Å². The van der Waals surface area contributed by atoms with Crippen LogP contribution in [-0.2, 0) is 103 Å². The smallest absolute Gasteiger partial charge is 0.303 e. The number of ether oxygens (including phenoxy) is 10. The Morgan fingerprint density at radius 3 is 1.10 bits per heavy atom. The molecule has 3 rings (SSSR count). The van der Waals surface area contributed by atoms with Gasteiger partial charge in [0, 0.05) is 62.9 Å². The molecule has 35 heteroatoms. The molecule has 33 nitrogen and oxygen atoms in total. The third kappa shape index (κ3) is 17.3. The average molecular weight is 1030 g/mol. The highest BCUT2D eigenvalue weighted by atomic mass is 31.2. The first-order valence-corrected chi connectivity index (χ1v) is 23.3. The number of rotatable bonds is 23. The van der Waals surface area contributed by atoms with Crippen LogP contribution >= 0.6 is 15.6 Å². The minimum Gasteiger partial charge on any atom is -0.756 e.